The van der Waals surface area contributed by atoms with Gasteiger partial charge in [0.2, 0.25) is 5.13 Å². The number of aromatic nitrogens is 3. The first-order valence-corrected chi connectivity index (χ1v) is 9.35. The zero-order valence-corrected chi connectivity index (χ0v) is 14.7. The summed E-state index contributed by atoms with van der Waals surface area (Å²) in [4.78, 5) is 6.61. The molecule has 0 N–H and O–H groups in total. The molecule has 0 aliphatic carbocycles. The Balaban J connectivity index is 1.39. The normalized spacial score (nSPS) is 17.6. The minimum atomic E-state index is 0.208. The molecule has 6 heteroatoms. The molecule has 0 amide bonds. The fraction of sp³-hybridized carbons (Fsp3) is 0.316. The van der Waals surface area contributed by atoms with E-state index >= 15 is 0 Å². The molecular weight excluding hydrogens is 332 g/mol. The van der Waals surface area contributed by atoms with Crippen LogP contribution in [0.1, 0.15) is 18.5 Å². The number of pyridine rings is 1. The van der Waals surface area contributed by atoms with Crippen LogP contribution in [0.2, 0.25) is 0 Å². The van der Waals surface area contributed by atoms with E-state index in [4.69, 9.17) is 4.74 Å². The third-order valence-corrected chi connectivity index (χ3v) is 5.31. The number of nitrogens with zero attached hydrogens (tertiary/aromatic N) is 4. The zero-order valence-electron chi connectivity index (χ0n) is 13.9. The lowest BCUT2D eigenvalue weighted by Gasteiger charge is -2.32. The molecule has 3 aromatic rings. The summed E-state index contributed by atoms with van der Waals surface area (Å²) in [5.41, 5.74) is 2.09. The van der Waals surface area contributed by atoms with Crippen molar-refractivity contribution in [3.05, 3.63) is 60.4 Å². The molecule has 1 fully saturated rings. The lowest BCUT2D eigenvalue weighted by Crippen LogP contribution is -2.39. The molecule has 1 saturated heterocycles. The van der Waals surface area contributed by atoms with E-state index in [1.165, 1.54) is 0 Å². The Morgan fingerprint density at radius 1 is 1.08 bits per heavy atom. The highest BCUT2D eigenvalue weighted by Gasteiger charge is 2.23. The van der Waals surface area contributed by atoms with Crippen LogP contribution >= 0.6 is 11.3 Å². The van der Waals surface area contributed by atoms with Crippen molar-refractivity contribution in [2.45, 2.75) is 25.6 Å². The number of hydrogen-bond acceptors (Lipinski definition) is 6. The van der Waals surface area contributed by atoms with Crippen LogP contribution in [0.3, 0.4) is 0 Å². The van der Waals surface area contributed by atoms with Crippen LogP contribution < -0.4 is 4.90 Å². The second-order valence-electron chi connectivity index (χ2n) is 6.10. The van der Waals surface area contributed by atoms with Crippen LogP contribution in [-0.4, -0.2) is 34.4 Å². The Morgan fingerprint density at radius 3 is 2.80 bits per heavy atom. The number of anilines is 1. The van der Waals surface area contributed by atoms with Crippen molar-refractivity contribution >= 4 is 16.5 Å². The van der Waals surface area contributed by atoms with Crippen molar-refractivity contribution < 1.29 is 4.74 Å². The molecule has 5 nitrogen and oxygen atoms in total. The Hall–Kier alpha value is -2.31. The average molecular weight is 352 g/mol. The van der Waals surface area contributed by atoms with Crippen molar-refractivity contribution in [3.8, 4) is 10.6 Å². The lowest BCUT2D eigenvalue weighted by atomic mass is 10.1. The largest absolute Gasteiger partial charge is 0.370 e. The van der Waals surface area contributed by atoms with Crippen LogP contribution in [0.4, 0.5) is 5.13 Å². The van der Waals surface area contributed by atoms with Gasteiger partial charge in [0.15, 0.2) is 0 Å². The van der Waals surface area contributed by atoms with Gasteiger partial charge >= 0.3 is 0 Å². The molecule has 1 unspecified atom stereocenters. The van der Waals surface area contributed by atoms with Gasteiger partial charge in [-0.1, -0.05) is 47.7 Å². The highest BCUT2D eigenvalue weighted by molar-refractivity contribution is 7.18. The molecule has 0 spiro atoms. The third-order valence-electron chi connectivity index (χ3n) is 4.28. The van der Waals surface area contributed by atoms with Crippen molar-refractivity contribution in [1.29, 1.82) is 0 Å². The summed E-state index contributed by atoms with van der Waals surface area (Å²) in [5.74, 6) is 0. The summed E-state index contributed by atoms with van der Waals surface area (Å²) in [6, 6.07) is 16.1. The fourth-order valence-corrected chi connectivity index (χ4v) is 3.86. The number of rotatable bonds is 5. The molecule has 0 saturated carbocycles. The standard InChI is InChI=1S/C19H20N4OS/c1-2-7-15(8-3-1)18-21-22-19(25-18)23-12-6-10-17(13-23)24-14-16-9-4-5-11-20-16/h1-5,7-9,11,17H,6,10,12-14H2. The molecule has 128 valence electrons. The molecule has 25 heavy (non-hydrogen) atoms. The van der Waals surface area contributed by atoms with E-state index in [1.807, 2.05) is 36.4 Å². The third kappa shape index (κ3) is 4.03. The van der Waals surface area contributed by atoms with E-state index in [9.17, 15) is 0 Å². The maximum absolute atomic E-state index is 6.06. The van der Waals surface area contributed by atoms with Crippen LogP contribution in [-0.2, 0) is 11.3 Å². The topological polar surface area (TPSA) is 51.1 Å². The van der Waals surface area contributed by atoms with Gasteiger partial charge in [0.25, 0.3) is 0 Å². The summed E-state index contributed by atoms with van der Waals surface area (Å²) >= 11 is 1.64. The predicted molar refractivity (Wildman–Crippen MR) is 99.6 cm³/mol. The minimum Gasteiger partial charge on any atom is -0.370 e. The predicted octanol–water partition coefficient (Wildman–Crippen LogP) is 3.79. The summed E-state index contributed by atoms with van der Waals surface area (Å²) in [6.45, 7) is 2.42. The Kier molecular flexibility index (Phi) is 4.99. The summed E-state index contributed by atoms with van der Waals surface area (Å²) in [7, 11) is 0. The van der Waals surface area contributed by atoms with Gasteiger partial charge in [-0.15, -0.1) is 10.2 Å². The molecule has 4 rings (SSSR count). The quantitative estimate of drug-likeness (QED) is 0.699. The fourth-order valence-electron chi connectivity index (χ4n) is 2.98. The maximum Gasteiger partial charge on any atom is 0.208 e. The summed E-state index contributed by atoms with van der Waals surface area (Å²) in [5, 5.41) is 10.7. The van der Waals surface area contributed by atoms with Gasteiger partial charge in [0.1, 0.15) is 5.01 Å². The van der Waals surface area contributed by atoms with Crippen molar-refractivity contribution in [3.63, 3.8) is 0 Å². The number of ether oxygens (including phenoxy) is 1. The van der Waals surface area contributed by atoms with Crippen molar-refractivity contribution in [2.75, 3.05) is 18.0 Å². The molecular formula is C19H20N4OS. The second-order valence-corrected chi connectivity index (χ2v) is 7.05. The zero-order chi connectivity index (χ0) is 16.9. The molecule has 1 aliphatic rings. The van der Waals surface area contributed by atoms with Gasteiger partial charge in [0.05, 0.1) is 18.4 Å². The van der Waals surface area contributed by atoms with Gasteiger partial charge < -0.3 is 9.64 Å². The van der Waals surface area contributed by atoms with Gasteiger partial charge in [-0.05, 0) is 25.0 Å². The Labute approximate surface area is 151 Å². The number of hydrogen-bond donors (Lipinski definition) is 0. The van der Waals surface area contributed by atoms with Crippen LogP contribution in [0, 0.1) is 0 Å². The molecule has 1 atom stereocenters. The molecule has 0 bridgehead atoms. The molecule has 1 aromatic carbocycles. The lowest BCUT2D eigenvalue weighted by molar-refractivity contribution is 0.0298. The highest BCUT2D eigenvalue weighted by Crippen LogP contribution is 2.30. The van der Waals surface area contributed by atoms with Gasteiger partial charge in [0, 0.05) is 24.8 Å². The molecule has 2 aromatic heterocycles. The summed E-state index contributed by atoms with van der Waals surface area (Å²) in [6.07, 6.45) is 4.19. The maximum atomic E-state index is 6.06. The van der Waals surface area contributed by atoms with Crippen LogP contribution in [0.15, 0.2) is 54.7 Å². The van der Waals surface area contributed by atoms with Crippen molar-refractivity contribution in [1.82, 2.24) is 15.2 Å². The average Bonchev–Trinajstić information content (AvgIpc) is 3.18. The van der Waals surface area contributed by atoms with E-state index in [0.29, 0.717) is 6.61 Å². The van der Waals surface area contributed by atoms with E-state index in [0.717, 1.165) is 47.3 Å². The first-order chi connectivity index (χ1) is 12.4. The highest BCUT2D eigenvalue weighted by atomic mass is 32.1. The molecule has 1 aliphatic heterocycles. The van der Waals surface area contributed by atoms with Crippen LogP contribution in [0.5, 0.6) is 0 Å². The molecule has 3 heterocycles. The van der Waals surface area contributed by atoms with Gasteiger partial charge in [-0.25, -0.2) is 0 Å². The van der Waals surface area contributed by atoms with E-state index in [2.05, 4.69) is 32.2 Å². The second kappa shape index (κ2) is 7.72. The first-order valence-electron chi connectivity index (χ1n) is 8.54. The minimum absolute atomic E-state index is 0.208. The van der Waals surface area contributed by atoms with Crippen molar-refractivity contribution in [2.24, 2.45) is 0 Å². The van der Waals surface area contributed by atoms with E-state index in [1.54, 1.807) is 17.5 Å². The monoisotopic (exact) mass is 352 g/mol. The number of piperidine rings is 1. The van der Waals surface area contributed by atoms with Gasteiger partial charge in [-0.3, -0.25) is 4.98 Å². The summed E-state index contributed by atoms with van der Waals surface area (Å²) < 4.78 is 6.06. The molecule has 0 radical (unpaired) electrons. The Bertz CT molecular complexity index is 793. The smallest absolute Gasteiger partial charge is 0.208 e. The SMILES string of the molecule is c1ccc(-c2nnc(N3CCCC(OCc4ccccn4)C3)s2)cc1. The van der Waals surface area contributed by atoms with E-state index < -0.39 is 0 Å². The Morgan fingerprint density at radius 2 is 1.96 bits per heavy atom. The van der Waals surface area contributed by atoms with Crippen LogP contribution in [0.25, 0.3) is 10.6 Å². The van der Waals surface area contributed by atoms with E-state index in [-0.39, 0.29) is 6.10 Å². The number of benzene rings is 1. The van der Waals surface area contributed by atoms with Gasteiger partial charge in [-0.2, -0.15) is 0 Å². The first kappa shape index (κ1) is 16.2.